The average Bonchev–Trinajstić information content (AvgIpc) is 2.86. The lowest BCUT2D eigenvalue weighted by Crippen LogP contribution is -2.25. The van der Waals surface area contributed by atoms with Gasteiger partial charge in [-0.15, -0.1) is 0 Å². The molecule has 2 aromatic carbocycles. The summed E-state index contributed by atoms with van der Waals surface area (Å²) >= 11 is 3.55. The van der Waals surface area contributed by atoms with Crippen molar-refractivity contribution in [3.8, 4) is 6.07 Å². The molecule has 0 bridgehead atoms. The van der Waals surface area contributed by atoms with Crippen molar-refractivity contribution in [2.45, 2.75) is 12.5 Å². The first-order valence-corrected chi connectivity index (χ1v) is 7.09. The number of rotatable bonds is 2. The third-order valence-corrected chi connectivity index (χ3v) is 4.28. The van der Waals surface area contributed by atoms with Gasteiger partial charge in [0.05, 0.1) is 6.07 Å². The molecule has 1 heterocycles. The monoisotopic (exact) mass is 312 g/mol. The standard InChI is InChI=1S/C16H13BrN2/c17-14-7-3-2-6-13(14)16(11-18)19-10-9-12-5-1-4-8-15(12)19/h1-8,16H,9-10H2. The maximum atomic E-state index is 9.58. The molecule has 0 saturated carbocycles. The summed E-state index contributed by atoms with van der Waals surface area (Å²) in [5, 5.41) is 9.58. The highest BCUT2D eigenvalue weighted by Crippen LogP contribution is 2.36. The molecule has 3 heteroatoms. The molecule has 0 aromatic heterocycles. The summed E-state index contributed by atoms with van der Waals surface area (Å²) in [7, 11) is 0. The predicted octanol–water partition coefficient (Wildman–Crippen LogP) is 4.08. The second-order valence-corrected chi connectivity index (χ2v) is 5.48. The number of benzene rings is 2. The molecular formula is C16H13BrN2. The van der Waals surface area contributed by atoms with Crippen molar-refractivity contribution in [2.24, 2.45) is 0 Å². The molecule has 19 heavy (non-hydrogen) atoms. The highest BCUT2D eigenvalue weighted by molar-refractivity contribution is 9.10. The lowest BCUT2D eigenvalue weighted by atomic mass is 10.1. The number of anilines is 1. The molecule has 0 amide bonds. The summed E-state index contributed by atoms with van der Waals surface area (Å²) in [4.78, 5) is 2.19. The first kappa shape index (κ1) is 12.3. The number of fused-ring (bicyclic) bond motifs is 1. The van der Waals surface area contributed by atoms with Gasteiger partial charge < -0.3 is 4.90 Å². The quantitative estimate of drug-likeness (QED) is 0.835. The van der Waals surface area contributed by atoms with Crippen LogP contribution in [0.2, 0.25) is 0 Å². The van der Waals surface area contributed by atoms with Crippen LogP contribution in [0.15, 0.2) is 53.0 Å². The summed E-state index contributed by atoms with van der Waals surface area (Å²) in [6, 6.07) is 18.5. The number of hydrogen-bond acceptors (Lipinski definition) is 2. The molecule has 3 rings (SSSR count). The van der Waals surface area contributed by atoms with Crippen LogP contribution in [0.3, 0.4) is 0 Å². The molecule has 2 nitrogen and oxygen atoms in total. The number of halogens is 1. The van der Waals surface area contributed by atoms with Gasteiger partial charge in [0.1, 0.15) is 6.04 Å². The van der Waals surface area contributed by atoms with Gasteiger partial charge in [0.15, 0.2) is 0 Å². The molecule has 1 aliphatic rings. The van der Waals surface area contributed by atoms with Crippen LogP contribution in [0.4, 0.5) is 5.69 Å². The van der Waals surface area contributed by atoms with Crippen molar-refractivity contribution in [3.05, 3.63) is 64.1 Å². The minimum Gasteiger partial charge on any atom is -0.351 e. The van der Waals surface area contributed by atoms with Crippen LogP contribution in [0, 0.1) is 11.3 Å². The number of nitriles is 1. The lowest BCUT2D eigenvalue weighted by Gasteiger charge is -2.26. The van der Waals surface area contributed by atoms with Gasteiger partial charge in [-0.1, -0.05) is 52.3 Å². The molecular weight excluding hydrogens is 300 g/mol. The lowest BCUT2D eigenvalue weighted by molar-refractivity contribution is 0.761. The smallest absolute Gasteiger partial charge is 0.143 e. The van der Waals surface area contributed by atoms with Crippen LogP contribution >= 0.6 is 15.9 Å². The molecule has 1 atom stereocenters. The fourth-order valence-electron chi connectivity index (χ4n) is 2.64. The zero-order valence-electron chi connectivity index (χ0n) is 10.4. The summed E-state index contributed by atoms with van der Waals surface area (Å²) in [6.45, 7) is 0.902. The van der Waals surface area contributed by atoms with Gasteiger partial charge in [-0.25, -0.2) is 0 Å². The maximum Gasteiger partial charge on any atom is 0.143 e. The number of para-hydroxylation sites is 1. The molecule has 1 unspecified atom stereocenters. The van der Waals surface area contributed by atoms with E-state index in [4.69, 9.17) is 0 Å². The van der Waals surface area contributed by atoms with Gasteiger partial charge in [0, 0.05) is 22.3 Å². The van der Waals surface area contributed by atoms with Crippen molar-refractivity contribution in [1.82, 2.24) is 0 Å². The van der Waals surface area contributed by atoms with Gasteiger partial charge in [0.25, 0.3) is 0 Å². The first-order chi connectivity index (χ1) is 9.31. The zero-order valence-corrected chi connectivity index (χ0v) is 12.0. The van der Waals surface area contributed by atoms with Gasteiger partial charge in [-0.3, -0.25) is 0 Å². The van der Waals surface area contributed by atoms with Crippen LogP contribution < -0.4 is 4.90 Å². The first-order valence-electron chi connectivity index (χ1n) is 6.30. The highest BCUT2D eigenvalue weighted by atomic mass is 79.9. The Labute approximate surface area is 121 Å². The summed E-state index contributed by atoms with van der Waals surface area (Å²) < 4.78 is 0.992. The largest absolute Gasteiger partial charge is 0.351 e. The highest BCUT2D eigenvalue weighted by Gasteiger charge is 2.27. The molecule has 94 valence electrons. The Morgan fingerprint density at radius 2 is 1.84 bits per heavy atom. The Hall–Kier alpha value is -1.79. The van der Waals surface area contributed by atoms with E-state index in [1.54, 1.807) is 0 Å². The van der Waals surface area contributed by atoms with Gasteiger partial charge >= 0.3 is 0 Å². The molecule has 1 aliphatic heterocycles. The summed E-state index contributed by atoms with van der Waals surface area (Å²) in [5.41, 5.74) is 3.54. The van der Waals surface area contributed by atoms with Crippen molar-refractivity contribution in [2.75, 3.05) is 11.4 Å². The maximum absolute atomic E-state index is 9.58. The Bertz CT molecular complexity index is 645. The summed E-state index contributed by atoms with van der Waals surface area (Å²) in [6.07, 6.45) is 1.01. The third-order valence-electron chi connectivity index (χ3n) is 3.56. The molecule has 0 spiro atoms. The van der Waals surface area contributed by atoms with Crippen LogP contribution in [-0.2, 0) is 6.42 Å². The second kappa shape index (κ2) is 5.07. The van der Waals surface area contributed by atoms with E-state index in [0.717, 1.165) is 23.0 Å². The van der Waals surface area contributed by atoms with Crippen LogP contribution in [-0.4, -0.2) is 6.54 Å². The second-order valence-electron chi connectivity index (χ2n) is 4.63. The van der Waals surface area contributed by atoms with Crippen LogP contribution in [0.25, 0.3) is 0 Å². The molecule has 0 fully saturated rings. The Morgan fingerprint density at radius 3 is 2.63 bits per heavy atom. The molecule has 0 N–H and O–H groups in total. The Balaban J connectivity index is 2.02. The van der Waals surface area contributed by atoms with Gasteiger partial charge in [0.2, 0.25) is 0 Å². The van der Waals surface area contributed by atoms with Gasteiger partial charge in [-0.2, -0.15) is 5.26 Å². The zero-order chi connectivity index (χ0) is 13.2. The third kappa shape index (κ3) is 2.13. The topological polar surface area (TPSA) is 27.0 Å². The predicted molar refractivity (Wildman–Crippen MR) is 80.0 cm³/mol. The van der Waals surface area contributed by atoms with Crippen molar-refractivity contribution < 1.29 is 0 Å². The molecule has 0 radical (unpaired) electrons. The fourth-order valence-corrected chi connectivity index (χ4v) is 3.14. The van der Waals surface area contributed by atoms with E-state index in [9.17, 15) is 5.26 Å². The molecule has 2 aromatic rings. The van der Waals surface area contributed by atoms with Gasteiger partial charge in [-0.05, 0) is 24.1 Å². The minimum absolute atomic E-state index is 0.237. The van der Waals surface area contributed by atoms with Crippen molar-refractivity contribution in [3.63, 3.8) is 0 Å². The molecule has 0 aliphatic carbocycles. The number of nitrogens with zero attached hydrogens (tertiary/aromatic N) is 2. The van der Waals surface area contributed by atoms with E-state index in [2.05, 4.69) is 45.1 Å². The van der Waals surface area contributed by atoms with Crippen molar-refractivity contribution >= 4 is 21.6 Å². The van der Waals surface area contributed by atoms with Crippen LogP contribution in [0.5, 0.6) is 0 Å². The SMILES string of the molecule is N#CC(c1ccccc1Br)N1CCc2ccccc21. The van der Waals surface area contributed by atoms with E-state index < -0.39 is 0 Å². The van der Waals surface area contributed by atoms with Crippen molar-refractivity contribution in [1.29, 1.82) is 5.26 Å². The van der Waals surface area contributed by atoms with E-state index in [1.165, 1.54) is 11.3 Å². The Kier molecular flexibility index (Phi) is 3.27. The van der Waals surface area contributed by atoms with Crippen LogP contribution in [0.1, 0.15) is 17.2 Å². The minimum atomic E-state index is -0.237. The van der Waals surface area contributed by atoms with E-state index in [-0.39, 0.29) is 6.04 Å². The average molecular weight is 313 g/mol. The normalized spacial score (nSPS) is 14.8. The molecule has 0 saturated heterocycles. The fraction of sp³-hybridized carbons (Fsp3) is 0.188. The Morgan fingerprint density at radius 1 is 1.11 bits per heavy atom. The van der Waals surface area contributed by atoms with E-state index in [0.29, 0.717) is 0 Å². The van der Waals surface area contributed by atoms with E-state index >= 15 is 0 Å². The van der Waals surface area contributed by atoms with E-state index in [1.807, 2.05) is 30.3 Å². The summed E-state index contributed by atoms with van der Waals surface area (Å²) in [5.74, 6) is 0. The number of hydrogen-bond donors (Lipinski definition) is 0.